The van der Waals surface area contributed by atoms with Crippen molar-refractivity contribution in [1.29, 1.82) is 0 Å². The van der Waals surface area contributed by atoms with E-state index in [4.69, 9.17) is 16.3 Å². The van der Waals surface area contributed by atoms with Crippen LogP contribution in [-0.2, 0) is 4.74 Å². The summed E-state index contributed by atoms with van der Waals surface area (Å²) in [6.07, 6.45) is 2.51. The molecule has 1 saturated carbocycles. The number of ether oxygens (including phenoxy) is 1. The van der Waals surface area contributed by atoms with Crippen LogP contribution in [0.1, 0.15) is 40.0 Å². The lowest BCUT2D eigenvalue weighted by Gasteiger charge is -2.22. The maximum atomic E-state index is 11.8. The van der Waals surface area contributed by atoms with Crippen LogP contribution in [0.4, 0.5) is 10.5 Å². The molecule has 0 aromatic heterocycles. The fourth-order valence-corrected chi connectivity index (χ4v) is 3.04. The van der Waals surface area contributed by atoms with Crippen molar-refractivity contribution in [2.24, 2.45) is 0 Å². The first-order valence-electron chi connectivity index (χ1n) is 7.44. The number of carbonyl (C=O) groups is 1. The van der Waals surface area contributed by atoms with E-state index in [1.165, 1.54) is 0 Å². The molecule has 1 aromatic carbocycles. The minimum absolute atomic E-state index is 0.156. The Balaban J connectivity index is 1.82. The molecule has 2 unspecified atom stereocenters. The molecule has 1 aliphatic rings. The Bertz CT molecular complexity index is 545. The van der Waals surface area contributed by atoms with Crippen molar-refractivity contribution in [3.8, 4) is 0 Å². The number of hydrogen-bond donors (Lipinski definition) is 2. The van der Waals surface area contributed by atoms with E-state index >= 15 is 0 Å². The highest BCUT2D eigenvalue weighted by Gasteiger charge is 2.27. The minimum atomic E-state index is -0.462. The van der Waals surface area contributed by atoms with Crippen LogP contribution < -0.4 is 10.6 Å². The van der Waals surface area contributed by atoms with Crippen molar-refractivity contribution < 1.29 is 9.53 Å². The third-order valence-electron chi connectivity index (χ3n) is 3.44. The minimum Gasteiger partial charge on any atom is -0.444 e. The Labute approximate surface area is 145 Å². The van der Waals surface area contributed by atoms with Gasteiger partial charge < -0.3 is 15.4 Å². The highest BCUT2D eigenvalue weighted by atomic mass is 79.9. The van der Waals surface area contributed by atoms with Gasteiger partial charge in [-0.15, -0.1) is 0 Å². The van der Waals surface area contributed by atoms with Gasteiger partial charge in [-0.1, -0.05) is 11.6 Å². The van der Waals surface area contributed by atoms with E-state index in [0.717, 1.165) is 29.4 Å². The van der Waals surface area contributed by atoms with Gasteiger partial charge in [0.15, 0.2) is 0 Å². The molecule has 22 heavy (non-hydrogen) atoms. The van der Waals surface area contributed by atoms with Gasteiger partial charge in [0, 0.05) is 22.2 Å². The maximum Gasteiger partial charge on any atom is 0.407 e. The fourth-order valence-electron chi connectivity index (χ4n) is 2.54. The molecule has 1 amide bonds. The van der Waals surface area contributed by atoms with Crippen molar-refractivity contribution in [3.63, 3.8) is 0 Å². The topological polar surface area (TPSA) is 50.4 Å². The zero-order valence-corrected chi connectivity index (χ0v) is 15.4. The van der Waals surface area contributed by atoms with Crippen LogP contribution in [0.2, 0.25) is 5.02 Å². The van der Waals surface area contributed by atoms with Gasteiger partial charge in [0.1, 0.15) is 5.60 Å². The van der Waals surface area contributed by atoms with Crippen molar-refractivity contribution in [2.45, 2.75) is 57.7 Å². The summed E-state index contributed by atoms with van der Waals surface area (Å²) in [5.41, 5.74) is 0.565. The lowest BCUT2D eigenvalue weighted by atomic mass is 10.2. The molecule has 0 bridgehead atoms. The van der Waals surface area contributed by atoms with E-state index in [1.54, 1.807) is 0 Å². The third kappa shape index (κ3) is 5.36. The summed E-state index contributed by atoms with van der Waals surface area (Å²) in [4.78, 5) is 11.8. The second-order valence-electron chi connectivity index (χ2n) is 6.63. The van der Waals surface area contributed by atoms with Gasteiger partial charge in [0.2, 0.25) is 0 Å². The Hall–Kier alpha value is -0.940. The van der Waals surface area contributed by atoms with Crippen molar-refractivity contribution in [2.75, 3.05) is 5.32 Å². The molecule has 2 rings (SSSR count). The molecule has 1 aromatic rings. The maximum absolute atomic E-state index is 11.8. The number of amides is 1. The molecule has 1 aliphatic carbocycles. The summed E-state index contributed by atoms with van der Waals surface area (Å²) in [5.74, 6) is 0. The van der Waals surface area contributed by atoms with E-state index in [9.17, 15) is 4.79 Å². The molecule has 0 aliphatic heterocycles. The van der Waals surface area contributed by atoms with Crippen LogP contribution in [0.5, 0.6) is 0 Å². The van der Waals surface area contributed by atoms with Gasteiger partial charge in [-0.3, -0.25) is 0 Å². The van der Waals surface area contributed by atoms with Crippen molar-refractivity contribution in [3.05, 3.63) is 27.7 Å². The summed E-state index contributed by atoms with van der Waals surface area (Å²) >= 11 is 9.42. The van der Waals surface area contributed by atoms with E-state index in [2.05, 4.69) is 26.6 Å². The smallest absolute Gasteiger partial charge is 0.407 e. The van der Waals surface area contributed by atoms with Gasteiger partial charge >= 0.3 is 6.09 Å². The molecular weight excluding hydrogens is 368 g/mol. The number of alkyl carbamates (subject to hydrolysis) is 1. The zero-order valence-electron chi connectivity index (χ0n) is 13.1. The molecule has 6 heteroatoms. The number of nitrogens with one attached hydrogen (secondary N) is 2. The summed E-state index contributed by atoms with van der Waals surface area (Å²) in [6, 6.07) is 6.29. The Kier molecular flexibility index (Phi) is 5.61. The molecule has 2 N–H and O–H groups in total. The molecule has 0 heterocycles. The largest absolute Gasteiger partial charge is 0.444 e. The summed E-state index contributed by atoms with van der Waals surface area (Å²) in [7, 11) is 0. The number of rotatable bonds is 3. The summed E-state index contributed by atoms with van der Waals surface area (Å²) in [5, 5.41) is 7.12. The molecule has 1 fully saturated rings. The van der Waals surface area contributed by atoms with Crippen LogP contribution in [0.25, 0.3) is 0 Å². The summed E-state index contributed by atoms with van der Waals surface area (Å²) < 4.78 is 6.17. The predicted molar refractivity (Wildman–Crippen MR) is 93.6 cm³/mol. The lowest BCUT2D eigenvalue weighted by Crippen LogP contribution is -2.38. The van der Waals surface area contributed by atoms with Gasteiger partial charge in [-0.2, -0.15) is 0 Å². The molecular formula is C16H22BrClN2O2. The zero-order chi connectivity index (χ0) is 16.3. The van der Waals surface area contributed by atoms with Gasteiger partial charge in [0.05, 0.1) is 5.02 Å². The second kappa shape index (κ2) is 7.09. The van der Waals surface area contributed by atoms with Crippen LogP contribution in [0, 0.1) is 0 Å². The Morgan fingerprint density at radius 3 is 2.64 bits per heavy atom. The first-order valence-corrected chi connectivity index (χ1v) is 8.61. The van der Waals surface area contributed by atoms with Crippen LogP contribution in [0.15, 0.2) is 22.7 Å². The Morgan fingerprint density at radius 1 is 1.32 bits per heavy atom. The Morgan fingerprint density at radius 2 is 2.00 bits per heavy atom. The van der Waals surface area contributed by atoms with Crippen LogP contribution in [0.3, 0.4) is 0 Å². The second-order valence-corrected chi connectivity index (χ2v) is 7.89. The quantitative estimate of drug-likeness (QED) is 0.768. The van der Waals surface area contributed by atoms with Crippen molar-refractivity contribution in [1.82, 2.24) is 5.32 Å². The van der Waals surface area contributed by atoms with Crippen LogP contribution in [-0.4, -0.2) is 23.8 Å². The highest BCUT2D eigenvalue weighted by Crippen LogP contribution is 2.28. The fraction of sp³-hybridized carbons (Fsp3) is 0.562. The van der Waals surface area contributed by atoms with Gasteiger partial charge in [-0.05, 0) is 74.2 Å². The van der Waals surface area contributed by atoms with Gasteiger partial charge in [-0.25, -0.2) is 4.79 Å². The SMILES string of the molecule is CC(C)(C)OC(=O)NC1CCC(Nc2ccc(Cl)c(Br)c2)C1. The van der Waals surface area contributed by atoms with E-state index < -0.39 is 5.60 Å². The van der Waals surface area contributed by atoms with Crippen molar-refractivity contribution >= 4 is 39.3 Å². The van der Waals surface area contributed by atoms with Crippen LogP contribution >= 0.6 is 27.5 Å². The number of carbonyl (C=O) groups excluding carboxylic acids is 1. The predicted octanol–water partition coefficient (Wildman–Crippen LogP) is 4.96. The molecule has 2 atom stereocenters. The molecule has 0 spiro atoms. The highest BCUT2D eigenvalue weighted by molar-refractivity contribution is 9.10. The number of hydrogen-bond acceptors (Lipinski definition) is 3. The van der Waals surface area contributed by atoms with Gasteiger partial charge in [0.25, 0.3) is 0 Å². The standard InChI is InChI=1S/C16H22BrClN2O2/c1-16(2,3)22-15(21)20-11-5-4-10(8-11)19-12-6-7-14(18)13(17)9-12/h6-7,9-11,19H,4-5,8H2,1-3H3,(H,20,21). The number of halogens is 2. The van der Waals surface area contributed by atoms with E-state index in [-0.39, 0.29) is 12.1 Å². The monoisotopic (exact) mass is 388 g/mol. The average molecular weight is 390 g/mol. The molecule has 0 saturated heterocycles. The first-order chi connectivity index (χ1) is 10.2. The molecule has 4 nitrogen and oxygen atoms in total. The summed E-state index contributed by atoms with van der Waals surface area (Å²) in [6.45, 7) is 5.60. The van der Waals surface area contributed by atoms with E-state index in [1.807, 2.05) is 39.0 Å². The lowest BCUT2D eigenvalue weighted by molar-refractivity contribution is 0.0505. The number of anilines is 1. The normalized spacial score (nSPS) is 21.5. The molecule has 0 radical (unpaired) electrons. The third-order valence-corrected chi connectivity index (χ3v) is 4.66. The number of benzene rings is 1. The van der Waals surface area contributed by atoms with E-state index in [0.29, 0.717) is 11.1 Å². The average Bonchev–Trinajstić information content (AvgIpc) is 2.78. The molecule has 122 valence electrons. The first kappa shape index (κ1) is 17.4.